The minimum Gasteiger partial charge on any atom is -0.399 e. The Morgan fingerprint density at radius 2 is 1.58 bits per heavy atom. The van der Waals surface area contributed by atoms with Crippen molar-refractivity contribution in [1.29, 1.82) is 0 Å². The zero-order valence-corrected chi connectivity index (χ0v) is 11.8. The molecule has 2 aromatic rings. The summed E-state index contributed by atoms with van der Waals surface area (Å²) in [6.07, 6.45) is 1.14. The zero-order valence-electron chi connectivity index (χ0n) is 11.8. The van der Waals surface area contributed by atoms with Gasteiger partial charge in [-0.3, -0.25) is 0 Å². The fraction of sp³-hybridized carbons (Fsp3) is 0.333. The minimum atomic E-state index is 0. The number of rotatable bonds is 1. The van der Waals surface area contributed by atoms with Gasteiger partial charge in [-0.2, -0.15) is 0 Å². The molecule has 104 valence electrons. The van der Waals surface area contributed by atoms with E-state index in [-0.39, 0.29) is 7.43 Å². The molecule has 1 nitrogen and oxygen atoms in total. The van der Waals surface area contributed by atoms with Gasteiger partial charge >= 0.3 is 0 Å². The summed E-state index contributed by atoms with van der Waals surface area (Å²) in [5.41, 5.74) is 11.7. The lowest BCUT2D eigenvalue weighted by molar-refractivity contribution is 1.12. The van der Waals surface area contributed by atoms with Gasteiger partial charge in [-0.15, -0.1) is 0 Å². The minimum absolute atomic E-state index is 0. The normalized spacial score (nSPS) is 9.05. The maximum Gasteiger partial charge on any atom is 0.0316 e. The van der Waals surface area contributed by atoms with Crippen LogP contribution in [0.1, 0.15) is 36.6 Å². The lowest BCUT2D eigenvalue weighted by Crippen LogP contribution is -1.84. The van der Waals surface area contributed by atoms with Crippen LogP contribution in [0.4, 0.5) is 5.69 Å². The standard InChI is InChI=1S/C10H14.C7H9N.CH4/c1-4-10-6-5-8(2)9(3)7-10;1-6-3-2-4-7(8)5-6;/h5-7H,4H2,1-3H3;2-5H,8H2,1H3;1H4. The molecule has 0 fully saturated rings. The third kappa shape index (κ3) is 6.10. The Morgan fingerprint density at radius 1 is 0.895 bits per heavy atom. The number of anilines is 1. The average molecular weight is 257 g/mol. The number of nitrogens with two attached hydrogens (primary N) is 1. The highest BCUT2D eigenvalue weighted by Gasteiger charge is 1.92. The fourth-order valence-corrected chi connectivity index (χ4v) is 1.69. The van der Waals surface area contributed by atoms with Crippen LogP contribution in [-0.4, -0.2) is 0 Å². The Balaban J connectivity index is 0.000000331. The summed E-state index contributed by atoms with van der Waals surface area (Å²) in [6.45, 7) is 8.52. The highest BCUT2D eigenvalue weighted by molar-refractivity contribution is 5.39. The molecule has 0 heterocycles. The summed E-state index contributed by atoms with van der Waals surface area (Å²) in [7, 11) is 0. The van der Waals surface area contributed by atoms with Crippen LogP contribution in [0.3, 0.4) is 0 Å². The topological polar surface area (TPSA) is 26.0 Å². The monoisotopic (exact) mass is 257 g/mol. The Kier molecular flexibility index (Phi) is 7.59. The molecule has 0 bridgehead atoms. The molecule has 2 aromatic carbocycles. The molecule has 0 aliphatic carbocycles. The Labute approximate surface area is 118 Å². The maximum absolute atomic E-state index is 5.46. The van der Waals surface area contributed by atoms with Crippen molar-refractivity contribution in [2.24, 2.45) is 0 Å². The smallest absolute Gasteiger partial charge is 0.0316 e. The molecule has 0 aliphatic heterocycles. The lowest BCUT2D eigenvalue weighted by atomic mass is 10.1. The van der Waals surface area contributed by atoms with Crippen LogP contribution in [-0.2, 0) is 6.42 Å². The van der Waals surface area contributed by atoms with Gasteiger partial charge in [-0.25, -0.2) is 0 Å². The largest absolute Gasteiger partial charge is 0.399 e. The fourth-order valence-electron chi connectivity index (χ4n) is 1.69. The molecular weight excluding hydrogens is 230 g/mol. The van der Waals surface area contributed by atoms with Crippen LogP contribution in [0, 0.1) is 20.8 Å². The molecule has 0 aromatic heterocycles. The quantitative estimate of drug-likeness (QED) is 0.708. The van der Waals surface area contributed by atoms with E-state index in [9.17, 15) is 0 Å². The average Bonchev–Trinajstić information content (AvgIpc) is 2.33. The summed E-state index contributed by atoms with van der Waals surface area (Å²) < 4.78 is 0. The van der Waals surface area contributed by atoms with Crippen molar-refractivity contribution in [3.63, 3.8) is 0 Å². The van der Waals surface area contributed by atoms with Gasteiger partial charge in [-0.05, 0) is 61.6 Å². The van der Waals surface area contributed by atoms with E-state index in [0.29, 0.717) is 0 Å². The van der Waals surface area contributed by atoms with Crippen molar-refractivity contribution in [2.45, 2.75) is 41.5 Å². The number of aryl methyl sites for hydroxylation is 4. The van der Waals surface area contributed by atoms with E-state index in [0.717, 1.165) is 12.1 Å². The van der Waals surface area contributed by atoms with Crippen LogP contribution >= 0.6 is 0 Å². The summed E-state index contributed by atoms with van der Waals surface area (Å²) in [5, 5.41) is 0. The third-order valence-electron chi connectivity index (χ3n) is 3.02. The van der Waals surface area contributed by atoms with Crippen molar-refractivity contribution in [3.8, 4) is 0 Å². The molecule has 2 N–H and O–H groups in total. The molecule has 1 heteroatoms. The molecule has 0 spiro atoms. The summed E-state index contributed by atoms with van der Waals surface area (Å²) in [5.74, 6) is 0. The molecule has 0 saturated heterocycles. The molecule has 0 atom stereocenters. The van der Waals surface area contributed by atoms with Gasteiger partial charge in [-0.1, -0.05) is 44.7 Å². The molecule has 0 amide bonds. The van der Waals surface area contributed by atoms with E-state index >= 15 is 0 Å². The SMILES string of the molecule is C.CCc1ccc(C)c(C)c1.Cc1cccc(N)c1. The van der Waals surface area contributed by atoms with Gasteiger partial charge in [0.1, 0.15) is 0 Å². The number of hydrogen-bond acceptors (Lipinski definition) is 1. The Morgan fingerprint density at radius 3 is 2.00 bits per heavy atom. The van der Waals surface area contributed by atoms with Gasteiger partial charge in [0.05, 0.1) is 0 Å². The molecular formula is C18H27N. The van der Waals surface area contributed by atoms with Crippen LogP contribution in [0.2, 0.25) is 0 Å². The Hall–Kier alpha value is -1.76. The van der Waals surface area contributed by atoms with Gasteiger partial charge in [0.2, 0.25) is 0 Å². The van der Waals surface area contributed by atoms with Crippen molar-refractivity contribution in [2.75, 3.05) is 5.73 Å². The predicted octanol–water partition coefficient (Wildman–Crippen LogP) is 5.08. The first-order valence-electron chi connectivity index (χ1n) is 6.41. The van der Waals surface area contributed by atoms with Crippen molar-refractivity contribution >= 4 is 5.69 Å². The summed E-state index contributed by atoms with van der Waals surface area (Å²) in [6, 6.07) is 14.4. The van der Waals surface area contributed by atoms with Gasteiger partial charge in [0, 0.05) is 5.69 Å². The van der Waals surface area contributed by atoms with Crippen molar-refractivity contribution < 1.29 is 0 Å². The van der Waals surface area contributed by atoms with Crippen LogP contribution in [0.25, 0.3) is 0 Å². The van der Waals surface area contributed by atoms with Crippen LogP contribution in [0.5, 0.6) is 0 Å². The highest BCUT2D eigenvalue weighted by Crippen LogP contribution is 2.09. The molecule has 0 saturated carbocycles. The zero-order chi connectivity index (χ0) is 13.5. The second kappa shape index (κ2) is 8.36. The van der Waals surface area contributed by atoms with Gasteiger partial charge in [0.25, 0.3) is 0 Å². The third-order valence-corrected chi connectivity index (χ3v) is 3.02. The molecule has 0 radical (unpaired) electrons. The number of nitrogen functional groups attached to an aromatic ring is 1. The first-order valence-corrected chi connectivity index (χ1v) is 6.41. The highest BCUT2D eigenvalue weighted by atomic mass is 14.5. The second-order valence-corrected chi connectivity index (χ2v) is 4.69. The summed E-state index contributed by atoms with van der Waals surface area (Å²) >= 11 is 0. The molecule has 0 aliphatic rings. The van der Waals surface area contributed by atoms with Crippen molar-refractivity contribution in [3.05, 3.63) is 64.7 Å². The molecule has 0 unspecified atom stereocenters. The van der Waals surface area contributed by atoms with Crippen LogP contribution < -0.4 is 5.73 Å². The lowest BCUT2D eigenvalue weighted by Gasteiger charge is -2.01. The maximum atomic E-state index is 5.46. The van der Waals surface area contributed by atoms with Gasteiger partial charge < -0.3 is 5.73 Å². The predicted molar refractivity (Wildman–Crippen MR) is 87.6 cm³/mol. The van der Waals surface area contributed by atoms with E-state index in [1.807, 2.05) is 31.2 Å². The molecule has 2 rings (SSSR count). The van der Waals surface area contributed by atoms with Crippen molar-refractivity contribution in [1.82, 2.24) is 0 Å². The van der Waals surface area contributed by atoms with E-state index in [1.54, 1.807) is 0 Å². The summed E-state index contributed by atoms with van der Waals surface area (Å²) in [4.78, 5) is 0. The van der Waals surface area contributed by atoms with E-state index in [4.69, 9.17) is 5.73 Å². The number of hydrogen-bond donors (Lipinski definition) is 1. The first kappa shape index (κ1) is 17.2. The van der Waals surface area contributed by atoms with E-state index in [1.165, 1.54) is 22.3 Å². The first-order chi connectivity index (χ1) is 8.52. The second-order valence-electron chi connectivity index (χ2n) is 4.69. The number of benzene rings is 2. The van der Waals surface area contributed by atoms with Gasteiger partial charge in [0.15, 0.2) is 0 Å². The van der Waals surface area contributed by atoms with E-state index < -0.39 is 0 Å². The molecule has 19 heavy (non-hydrogen) atoms. The van der Waals surface area contributed by atoms with Crippen LogP contribution in [0.15, 0.2) is 42.5 Å². The Bertz CT molecular complexity index is 484. The van der Waals surface area contributed by atoms with E-state index in [2.05, 4.69) is 39.0 Å².